The highest BCUT2D eigenvalue weighted by molar-refractivity contribution is 7.80. The maximum atomic E-state index is 5.40. The standard InChI is InChI=1S/C20H44N.C17H20N2O2S/c1-5-9-13-17-21(18-14-10-6-2,19-15-11-7-3)20-16-12-8-4;1-3-20-15-9-5-13(6-10-15)18-17(22)19-14-7-11-16(12-8-14)21-4-2/h5-20H2,1-4H3;5-12H,3-4H2,1-2H3,(H2,18,19,22)/q+1;. The summed E-state index contributed by atoms with van der Waals surface area (Å²) < 4.78 is 12.3. The molecule has 0 saturated carbocycles. The molecule has 2 aromatic rings. The Morgan fingerprint density at radius 2 is 0.814 bits per heavy atom. The van der Waals surface area contributed by atoms with Crippen LogP contribution in [0.1, 0.15) is 119 Å². The Morgan fingerprint density at radius 3 is 1.07 bits per heavy atom. The molecule has 6 heteroatoms. The summed E-state index contributed by atoms with van der Waals surface area (Å²) in [5.74, 6) is 1.69. The van der Waals surface area contributed by atoms with Crippen molar-refractivity contribution < 1.29 is 14.0 Å². The van der Waals surface area contributed by atoms with Gasteiger partial charge in [-0.3, -0.25) is 0 Å². The summed E-state index contributed by atoms with van der Waals surface area (Å²) >= 11 is 5.30. The van der Waals surface area contributed by atoms with E-state index in [1.165, 1.54) is 108 Å². The third-order valence-electron chi connectivity index (χ3n) is 7.79. The summed E-state index contributed by atoms with van der Waals surface area (Å²) in [4.78, 5) is 0. The molecule has 244 valence electrons. The van der Waals surface area contributed by atoms with Crippen LogP contribution in [0.3, 0.4) is 0 Å². The maximum absolute atomic E-state index is 5.40. The molecule has 0 saturated heterocycles. The summed E-state index contributed by atoms with van der Waals surface area (Å²) in [5, 5.41) is 6.80. The lowest BCUT2D eigenvalue weighted by atomic mass is 10.1. The number of rotatable bonds is 22. The first-order valence-electron chi connectivity index (χ1n) is 17.3. The molecular weight excluding hydrogens is 550 g/mol. The predicted octanol–water partition coefficient (Wildman–Crippen LogP) is 10.9. The SMILES string of the molecule is CCCCC[N+](CCCCC)(CCCCC)CCCCC.CCOc1ccc(NC(=S)Nc2ccc(OCC)cc2)cc1. The first kappa shape index (κ1) is 38.7. The lowest BCUT2D eigenvalue weighted by Crippen LogP contribution is -2.50. The van der Waals surface area contributed by atoms with Crippen molar-refractivity contribution in [3.05, 3.63) is 48.5 Å². The van der Waals surface area contributed by atoms with Gasteiger partial charge in [-0.05, 0) is 126 Å². The number of thiocarbonyl (C=S) groups is 1. The first-order valence-corrected chi connectivity index (χ1v) is 17.7. The summed E-state index contributed by atoms with van der Waals surface area (Å²) in [5.41, 5.74) is 1.82. The molecule has 0 aliphatic rings. The highest BCUT2D eigenvalue weighted by Crippen LogP contribution is 2.20. The van der Waals surface area contributed by atoms with Gasteiger partial charge >= 0.3 is 0 Å². The van der Waals surface area contributed by atoms with Crippen LogP contribution < -0.4 is 20.1 Å². The zero-order valence-electron chi connectivity index (χ0n) is 28.5. The van der Waals surface area contributed by atoms with Crippen LogP contribution in [-0.4, -0.2) is 49.0 Å². The van der Waals surface area contributed by atoms with E-state index in [1.54, 1.807) is 0 Å². The molecule has 2 aromatic carbocycles. The number of ether oxygens (including phenoxy) is 2. The largest absolute Gasteiger partial charge is 0.494 e. The second-order valence-corrected chi connectivity index (χ2v) is 12.0. The number of anilines is 2. The van der Waals surface area contributed by atoms with E-state index < -0.39 is 0 Å². The van der Waals surface area contributed by atoms with E-state index in [2.05, 4.69) is 38.3 Å². The molecule has 0 spiro atoms. The number of hydrogen-bond acceptors (Lipinski definition) is 3. The highest BCUT2D eigenvalue weighted by atomic mass is 32.1. The quantitative estimate of drug-likeness (QED) is 0.0784. The molecular formula is C37H64N3O2S+. The zero-order chi connectivity index (χ0) is 31.6. The van der Waals surface area contributed by atoms with Crippen molar-refractivity contribution in [2.75, 3.05) is 50.0 Å². The second kappa shape index (κ2) is 25.1. The van der Waals surface area contributed by atoms with E-state index in [0.717, 1.165) is 22.9 Å². The molecule has 0 aliphatic carbocycles. The van der Waals surface area contributed by atoms with E-state index >= 15 is 0 Å². The molecule has 0 unspecified atom stereocenters. The van der Waals surface area contributed by atoms with Crippen molar-refractivity contribution in [2.24, 2.45) is 0 Å². The summed E-state index contributed by atoms with van der Waals surface area (Å²) in [6.45, 7) is 20.4. The molecule has 0 aliphatic heterocycles. The van der Waals surface area contributed by atoms with Gasteiger partial charge in [0.1, 0.15) is 11.5 Å². The minimum atomic E-state index is 0.535. The van der Waals surface area contributed by atoms with Crippen molar-refractivity contribution in [2.45, 2.75) is 119 Å². The van der Waals surface area contributed by atoms with E-state index in [-0.39, 0.29) is 0 Å². The number of nitrogens with zero attached hydrogens (tertiary/aromatic N) is 1. The number of benzene rings is 2. The number of hydrogen-bond donors (Lipinski definition) is 2. The van der Waals surface area contributed by atoms with E-state index in [4.69, 9.17) is 21.7 Å². The molecule has 0 bridgehead atoms. The van der Waals surface area contributed by atoms with Gasteiger partial charge in [-0.1, -0.05) is 53.4 Å². The minimum Gasteiger partial charge on any atom is -0.494 e. The fraction of sp³-hybridized carbons (Fsp3) is 0.649. The average Bonchev–Trinajstić information content (AvgIpc) is 3.00. The first-order chi connectivity index (χ1) is 20.9. The Labute approximate surface area is 270 Å². The normalized spacial score (nSPS) is 10.9. The van der Waals surface area contributed by atoms with Gasteiger partial charge in [-0.2, -0.15) is 0 Å². The Morgan fingerprint density at radius 1 is 0.512 bits per heavy atom. The van der Waals surface area contributed by atoms with E-state index in [0.29, 0.717) is 18.3 Å². The summed E-state index contributed by atoms with van der Waals surface area (Å²) in [6, 6.07) is 15.3. The van der Waals surface area contributed by atoms with E-state index in [1.807, 2.05) is 62.4 Å². The van der Waals surface area contributed by atoms with Crippen LogP contribution in [0.25, 0.3) is 0 Å². The number of nitrogens with one attached hydrogen (secondary N) is 2. The third kappa shape index (κ3) is 18.2. The van der Waals surface area contributed by atoms with Crippen molar-refractivity contribution in [1.82, 2.24) is 0 Å². The van der Waals surface area contributed by atoms with Crippen LogP contribution in [0, 0.1) is 0 Å². The van der Waals surface area contributed by atoms with Gasteiger partial charge in [-0.15, -0.1) is 0 Å². The molecule has 2 N–H and O–H groups in total. The Balaban J connectivity index is 0.000000431. The van der Waals surface area contributed by atoms with Crippen molar-refractivity contribution in [1.29, 1.82) is 0 Å². The maximum Gasteiger partial charge on any atom is 0.175 e. The Kier molecular flexibility index (Phi) is 22.6. The fourth-order valence-electron chi connectivity index (χ4n) is 5.36. The summed E-state index contributed by atoms with van der Waals surface area (Å²) in [6.07, 6.45) is 16.9. The second-order valence-electron chi connectivity index (χ2n) is 11.6. The lowest BCUT2D eigenvalue weighted by molar-refractivity contribution is -0.929. The van der Waals surface area contributed by atoms with Gasteiger partial charge in [0.15, 0.2) is 5.11 Å². The van der Waals surface area contributed by atoms with Crippen molar-refractivity contribution in [3.8, 4) is 11.5 Å². The van der Waals surface area contributed by atoms with Crippen LogP contribution >= 0.6 is 12.2 Å². The van der Waals surface area contributed by atoms with Crippen LogP contribution in [0.15, 0.2) is 48.5 Å². The molecule has 2 rings (SSSR count). The molecule has 0 atom stereocenters. The molecule has 0 radical (unpaired) electrons. The van der Waals surface area contributed by atoms with Gasteiger partial charge in [0.25, 0.3) is 0 Å². The molecule has 0 fully saturated rings. The molecule has 0 heterocycles. The van der Waals surface area contributed by atoms with Crippen LogP contribution in [-0.2, 0) is 0 Å². The predicted molar refractivity (Wildman–Crippen MR) is 193 cm³/mol. The van der Waals surface area contributed by atoms with Gasteiger partial charge in [0.2, 0.25) is 0 Å². The van der Waals surface area contributed by atoms with Crippen LogP contribution in [0.2, 0.25) is 0 Å². The fourth-order valence-corrected chi connectivity index (χ4v) is 5.59. The van der Waals surface area contributed by atoms with Gasteiger partial charge in [0.05, 0.1) is 39.4 Å². The van der Waals surface area contributed by atoms with Gasteiger partial charge in [0, 0.05) is 11.4 Å². The molecule has 0 aromatic heterocycles. The average molecular weight is 615 g/mol. The minimum absolute atomic E-state index is 0.535. The van der Waals surface area contributed by atoms with Gasteiger partial charge < -0.3 is 24.6 Å². The molecule has 5 nitrogen and oxygen atoms in total. The Hall–Kier alpha value is -2.31. The highest BCUT2D eigenvalue weighted by Gasteiger charge is 2.25. The van der Waals surface area contributed by atoms with Crippen molar-refractivity contribution in [3.63, 3.8) is 0 Å². The zero-order valence-corrected chi connectivity index (χ0v) is 29.3. The topological polar surface area (TPSA) is 42.5 Å². The van der Waals surface area contributed by atoms with E-state index in [9.17, 15) is 0 Å². The lowest BCUT2D eigenvalue weighted by Gasteiger charge is -2.39. The Bertz CT molecular complexity index is 835. The molecule has 0 amide bonds. The smallest absolute Gasteiger partial charge is 0.175 e. The number of quaternary nitrogens is 1. The van der Waals surface area contributed by atoms with Crippen LogP contribution in [0.4, 0.5) is 11.4 Å². The van der Waals surface area contributed by atoms with Crippen LogP contribution in [0.5, 0.6) is 11.5 Å². The third-order valence-corrected chi connectivity index (χ3v) is 7.99. The van der Waals surface area contributed by atoms with Gasteiger partial charge in [-0.25, -0.2) is 0 Å². The van der Waals surface area contributed by atoms with Crippen molar-refractivity contribution >= 4 is 28.7 Å². The molecule has 43 heavy (non-hydrogen) atoms. The number of unbranched alkanes of at least 4 members (excludes halogenated alkanes) is 8. The summed E-state index contributed by atoms with van der Waals surface area (Å²) in [7, 11) is 0. The monoisotopic (exact) mass is 614 g/mol.